The molecule has 1 atom stereocenters. The summed E-state index contributed by atoms with van der Waals surface area (Å²) in [4.78, 5) is 10.4. The molecule has 0 saturated heterocycles. The Morgan fingerprint density at radius 2 is 1.96 bits per heavy atom. The predicted octanol–water partition coefficient (Wildman–Crippen LogP) is 2.49. The molecule has 0 fully saturated rings. The Balaban J connectivity index is 0.00000243. The number of hydrogen-bond donors (Lipinski definition) is 2. The molecular formula is C17H20ClN3O4S. The number of sulfonamides is 1. The monoisotopic (exact) mass is 397 g/mol. The summed E-state index contributed by atoms with van der Waals surface area (Å²) in [7, 11) is -3.84. The maximum atomic E-state index is 12.6. The summed E-state index contributed by atoms with van der Waals surface area (Å²) in [5.74, 6) is 0. The lowest BCUT2D eigenvalue weighted by Crippen LogP contribution is -2.39. The SMILES string of the molecule is Cc1c([N+](=O)[O-])cccc1S(=O)(=O)NCC1NCCc2ccccc21.Cl. The van der Waals surface area contributed by atoms with Crippen LogP contribution in [0.3, 0.4) is 0 Å². The van der Waals surface area contributed by atoms with E-state index in [4.69, 9.17) is 0 Å². The van der Waals surface area contributed by atoms with Gasteiger partial charge in [-0.1, -0.05) is 30.3 Å². The Labute approximate surface area is 158 Å². The summed E-state index contributed by atoms with van der Waals surface area (Å²) in [6, 6.07) is 11.9. The standard InChI is InChI=1S/C17H19N3O4S.ClH/c1-12-16(20(21)22)7-4-8-17(12)25(23,24)19-11-15-14-6-3-2-5-13(14)9-10-18-15;/h2-8,15,18-19H,9-11H2,1H3;1H. The molecule has 7 nitrogen and oxygen atoms in total. The van der Waals surface area contributed by atoms with Crippen molar-refractivity contribution in [2.24, 2.45) is 0 Å². The van der Waals surface area contributed by atoms with Gasteiger partial charge >= 0.3 is 0 Å². The number of nitrogens with zero attached hydrogens (tertiary/aromatic N) is 1. The third-order valence-corrected chi connectivity index (χ3v) is 6.00. The second kappa shape index (κ2) is 8.13. The van der Waals surface area contributed by atoms with Crippen molar-refractivity contribution in [2.45, 2.75) is 24.3 Å². The molecule has 1 aliphatic rings. The fourth-order valence-electron chi connectivity index (χ4n) is 3.14. The fraction of sp³-hybridized carbons (Fsp3) is 0.294. The Morgan fingerprint density at radius 3 is 2.69 bits per heavy atom. The van der Waals surface area contributed by atoms with E-state index < -0.39 is 14.9 Å². The van der Waals surface area contributed by atoms with Gasteiger partial charge in [-0.3, -0.25) is 10.1 Å². The number of benzene rings is 2. The molecule has 0 saturated carbocycles. The number of hydrogen-bond acceptors (Lipinski definition) is 5. The molecule has 2 N–H and O–H groups in total. The van der Waals surface area contributed by atoms with Gasteiger partial charge in [0.25, 0.3) is 5.69 Å². The van der Waals surface area contributed by atoms with Gasteiger partial charge in [-0.2, -0.15) is 0 Å². The molecule has 2 aromatic rings. The van der Waals surface area contributed by atoms with Crippen LogP contribution < -0.4 is 10.0 Å². The minimum atomic E-state index is -3.84. The summed E-state index contributed by atoms with van der Waals surface area (Å²) in [6.45, 7) is 2.40. The van der Waals surface area contributed by atoms with Crippen LogP contribution in [-0.4, -0.2) is 26.4 Å². The second-order valence-electron chi connectivity index (χ2n) is 5.96. The third kappa shape index (κ3) is 4.04. The molecule has 140 valence electrons. The number of fused-ring (bicyclic) bond motifs is 1. The molecule has 1 heterocycles. The quantitative estimate of drug-likeness (QED) is 0.596. The highest BCUT2D eigenvalue weighted by molar-refractivity contribution is 7.89. The highest BCUT2D eigenvalue weighted by Crippen LogP contribution is 2.26. The summed E-state index contributed by atoms with van der Waals surface area (Å²) < 4.78 is 27.8. The van der Waals surface area contributed by atoms with Crippen molar-refractivity contribution < 1.29 is 13.3 Å². The number of halogens is 1. The lowest BCUT2D eigenvalue weighted by Gasteiger charge is -2.27. The molecular weight excluding hydrogens is 378 g/mol. The molecule has 26 heavy (non-hydrogen) atoms. The van der Waals surface area contributed by atoms with Gasteiger partial charge in [-0.05, 0) is 37.1 Å². The number of nitro benzene ring substituents is 1. The van der Waals surface area contributed by atoms with E-state index in [1.807, 2.05) is 24.3 Å². The molecule has 1 unspecified atom stereocenters. The molecule has 0 spiro atoms. The third-order valence-electron chi connectivity index (χ3n) is 4.43. The normalized spacial score (nSPS) is 16.4. The largest absolute Gasteiger partial charge is 0.308 e. The van der Waals surface area contributed by atoms with Crippen molar-refractivity contribution in [3.05, 3.63) is 69.3 Å². The van der Waals surface area contributed by atoms with Crippen LogP contribution in [0.5, 0.6) is 0 Å². The molecule has 0 bridgehead atoms. The van der Waals surface area contributed by atoms with Crippen molar-refractivity contribution >= 4 is 28.1 Å². The van der Waals surface area contributed by atoms with Crippen molar-refractivity contribution in [1.82, 2.24) is 10.0 Å². The first-order valence-electron chi connectivity index (χ1n) is 7.95. The van der Waals surface area contributed by atoms with E-state index >= 15 is 0 Å². The Hall–Kier alpha value is -2.00. The first-order valence-corrected chi connectivity index (χ1v) is 9.43. The Kier molecular flexibility index (Phi) is 6.35. The van der Waals surface area contributed by atoms with Gasteiger partial charge in [0.1, 0.15) is 0 Å². The fourth-order valence-corrected chi connectivity index (χ4v) is 4.44. The molecule has 0 aliphatic carbocycles. The van der Waals surface area contributed by atoms with E-state index in [1.54, 1.807) is 0 Å². The topological polar surface area (TPSA) is 101 Å². The molecule has 0 aromatic heterocycles. The maximum Gasteiger partial charge on any atom is 0.273 e. The van der Waals surface area contributed by atoms with Crippen LogP contribution >= 0.6 is 12.4 Å². The molecule has 2 aromatic carbocycles. The van der Waals surface area contributed by atoms with Crippen LogP contribution in [-0.2, 0) is 16.4 Å². The summed E-state index contributed by atoms with van der Waals surface area (Å²) in [5, 5.41) is 14.3. The molecule has 0 radical (unpaired) electrons. The summed E-state index contributed by atoms with van der Waals surface area (Å²) in [6.07, 6.45) is 0.906. The van der Waals surface area contributed by atoms with Crippen LogP contribution in [0.25, 0.3) is 0 Å². The van der Waals surface area contributed by atoms with Crippen LogP contribution in [0.1, 0.15) is 22.7 Å². The summed E-state index contributed by atoms with van der Waals surface area (Å²) >= 11 is 0. The highest BCUT2D eigenvalue weighted by Gasteiger charge is 2.25. The number of rotatable bonds is 5. The smallest absolute Gasteiger partial charge is 0.273 e. The first kappa shape index (κ1) is 20.3. The minimum Gasteiger partial charge on any atom is -0.308 e. The van der Waals surface area contributed by atoms with Gasteiger partial charge in [-0.15, -0.1) is 12.4 Å². The van der Waals surface area contributed by atoms with Gasteiger partial charge in [0.05, 0.1) is 9.82 Å². The van der Waals surface area contributed by atoms with Crippen molar-refractivity contribution in [1.29, 1.82) is 0 Å². The van der Waals surface area contributed by atoms with Crippen molar-refractivity contribution in [2.75, 3.05) is 13.1 Å². The van der Waals surface area contributed by atoms with Crippen LogP contribution in [0.2, 0.25) is 0 Å². The lowest BCUT2D eigenvalue weighted by molar-refractivity contribution is -0.385. The van der Waals surface area contributed by atoms with E-state index in [0.717, 1.165) is 18.5 Å². The zero-order valence-corrected chi connectivity index (χ0v) is 15.8. The first-order chi connectivity index (χ1) is 11.9. The Morgan fingerprint density at radius 1 is 1.23 bits per heavy atom. The zero-order chi connectivity index (χ0) is 18.0. The van der Waals surface area contributed by atoms with Crippen molar-refractivity contribution in [3.8, 4) is 0 Å². The zero-order valence-electron chi connectivity index (χ0n) is 14.1. The molecule has 9 heteroatoms. The van der Waals surface area contributed by atoms with Gasteiger partial charge in [0.2, 0.25) is 10.0 Å². The van der Waals surface area contributed by atoms with E-state index in [2.05, 4.69) is 10.0 Å². The van der Waals surface area contributed by atoms with Crippen LogP contribution in [0, 0.1) is 17.0 Å². The number of nitrogens with one attached hydrogen (secondary N) is 2. The second-order valence-corrected chi connectivity index (χ2v) is 7.70. The lowest BCUT2D eigenvalue weighted by atomic mass is 9.95. The van der Waals surface area contributed by atoms with Gasteiger partial charge in [0, 0.05) is 24.2 Å². The van der Waals surface area contributed by atoms with Gasteiger partial charge in [-0.25, -0.2) is 13.1 Å². The highest BCUT2D eigenvalue weighted by atomic mass is 35.5. The Bertz CT molecular complexity index is 918. The predicted molar refractivity (Wildman–Crippen MR) is 101 cm³/mol. The number of nitro groups is 1. The van der Waals surface area contributed by atoms with Crippen molar-refractivity contribution in [3.63, 3.8) is 0 Å². The van der Waals surface area contributed by atoms with E-state index in [1.165, 1.54) is 30.7 Å². The van der Waals surface area contributed by atoms with Crippen LogP contribution in [0.15, 0.2) is 47.4 Å². The van der Waals surface area contributed by atoms with Crippen LogP contribution in [0.4, 0.5) is 5.69 Å². The minimum absolute atomic E-state index is 0. The summed E-state index contributed by atoms with van der Waals surface area (Å²) in [5.41, 5.74) is 2.21. The van der Waals surface area contributed by atoms with Gasteiger partial charge in [0.15, 0.2) is 0 Å². The average molecular weight is 398 g/mol. The van der Waals surface area contributed by atoms with E-state index in [0.29, 0.717) is 0 Å². The average Bonchev–Trinajstić information content (AvgIpc) is 2.59. The molecule has 1 aliphatic heterocycles. The van der Waals surface area contributed by atoms with E-state index in [-0.39, 0.29) is 41.1 Å². The molecule has 0 amide bonds. The van der Waals surface area contributed by atoms with E-state index in [9.17, 15) is 18.5 Å². The maximum absolute atomic E-state index is 12.6. The molecule has 3 rings (SSSR count). The van der Waals surface area contributed by atoms with Gasteiger partial charge < -0.3 is 5.32 Å².